The molecule has 0 amide bonds. The summed E-state index contributed by atoms with van der Waals surface area (Å²) in [5.41, 5.74) is 0. The molecule has 0 atom stereocenters. The van der Waals surface area contributed by atoms with E-state index in [1.54, 1.807) is 4.58 Å². The summed E-state index contributed by atoms with van der Waals surface area (Å²) in [6.45, 7) is 1.87. The fraction of sp³-hybridized carbons (Fsp3) is 0.750. The molecule has 0 heterocycles. The second-order valence-corrected chi connectivity index (χ2v) is 2.25. The molecular weight excluding hydrogens is 168 g/mol. The molecule has 0 aromatic carbocycles. The van der Waals surface area contributed by atoms with Gasteiger partial charge in [-0.05, 0) is 23.2 Å². The van der Waals surface area contributed by atoms with Gasteiger partial charge in [-0.1, -0.05) is 0 Å². The second kappa shape index (κ2) is 5.67. The lowest BCUT2D eigenvalue weighted by Crippen LogP contribution is -3.00. The number of hydrogen-bond donors (Lipinski definition) is 0. The molecule has 1 nitrogen and oxygen atoms in total. The van der Waals surface area contributed by atoms with Crippen LogP contribution in [0.5, 0.6) is 0 Å². The molecule has 0 fully saturated rings. The van der Waals surface area contributed by atoms with Crippen molar-refractivity contribution in [1.29, 1.82) is 0 Å². The third-order valence-corrected chi connectivity index (χ3v) is 1.33. The normalized spacial score (nSPS) is 11.4. The van der Waals surface area contributed by atoms with Gasteiger partial charge in [-0.25, -0.2) is 4.58 Å². The molecule has 8 heavy (non-hydrogen) atoms. The minimum atomic E-state index is -0.412. The molecule has 0 aliphatic rings. The Morgan fingerprint density at radius 2 is 1.88 bits per heavy atom. The lowest BCUT2D eigenvalue weighted by Gasteiger charge is -1.90. The van der Waals surface area contributed by atoms with E-state index in [9.17, 15) is 0 Å². The van der Waals surface area contributed by atoms with E-state index in [1.807, 2.05) is 20.2 Å². The molecule has 0 N–H and O–H groups in total. The smallest absolute Gasteiger partial charge is 0.304 e. The summed E-state index contributed by atoms with van der Waals surface area (Å²) in [6.07, 6.45) is 1.81. The van der Waals surface area contributed by atoms with Crippen molar-refractivity contribution in [1.82, 2.24) is 0 Å². The molecule has 0 rings (SSSR count). The standard InChI is InChI=1S/C4H8Cl2N.ClH/c1-3-7(2)4(5)6;/h3-4H,1-2H3;1H/q+1;/p-1. The Morgan fingerprint density at radius 3 is 1.88 bits per heavy atom. The maximum atomic E-state index is 5.39. The van der Waals surface area contributed by atoms with Gasteiger partial charge in [-0.15, -0.1) is 0 Å². The number of rotatable bonds is 1. The zero-order chi connectivity index (χ0) is 5.86. The van der Waals surface area contributed by atoms with Crippen molar-refractivity contribution in [3.8, 4) is 0 Å². The molecule has 0 spiro atoms. The largest absolute Gasteiger partial charge is 1.00 e. The highest BCUT2D eigenvalue weighted by molar-refractivity contribution is 6.42. The van der Waals surface area contributed by atoms with Gasteiger partial charge in [0.2, 0.25) is 0 Å². The van der Waals surface area contributed by atoms with Crippen molar-refractivity contribution in [3.63, 3.8) is 0 Å². The molecule has 0 aromatic heterocycles. The third kappa shape index (κ3) is 4.69. The first-order valence-electron chi connectivity index (χ1n) is 1.98. The Morgan fingerprint density at radius 1 is 1.50 bits per heavy atom. The van der Waals surface area contributed by atoms with Gasteiger partial charge in [0.1, 0.15) is 13.3 Å². The maximum absolute atomic E-state index is 5.39. The Kier molecular flexibility index (Phi) is 8.05. The van der Waals surface area contributed by atoms with Crippen LogP contribution in [-0.4, -0.2) is 22.8 Å². The van der Waals surface area contributed by atoms with Crippen molar-refractivity contribution in [2.75, 3.05) is 7.05 Å². The van der Waals surface area contributed by atoms with Crippen molar-refractivity contribution in [3.05, 3.63) is 0 Å². The highest BCUT2D eigenvalue weighted by atomic mass is 35.5. The Hall–Kier alpha value is 0.540. The first kappa shape index (κ1) is 11.4. The van der Waals surface area contributed by atoms with Crippen molar-refractivity contribution >= 4 is 29.4 Å². The molecule has 50 valence electrons. The fourth-order valence-electron chi connectivity index (χ4n) is 0.113. The third-order valence-electron chi connectivity index (χ3n) is 0.715. The highest BCUT2D eigenvalue weighted by Crippen LogP contribution is 1.98. The van der Waals surface area contributed by atoms with Crippen LogP contribution in [0.4, 0.5) is 0 Å². The molecular formula is C4H8Cl3N. The maximum Gasteiger partial charge on any atom is 0.304 e. The minimum absolute atomic E-state index is 0. The van der Waals surface area contributed by atoms with Crippen LogP contribution in [0.25, 0.3) is 0 Å². The Balaban J connectivity index is 0. The SMILES string of the molecule is CC=[N+](C)C(Cl)Cl.[Cl-]. The van der Waals surface area contributed by atoms with E-state index >= 15 is 0 Å². The highest BCUT2D eigenvalue weighted by Gasteiger charge is 2.03. The van der Waals surface area contributed by atoms with E-state index < -0.39 is 4.96 Å². The lowest BCUT2D eigenvalue weighted by atomic mass is 10.8. The predicted molar refractivity (Wildman–Crippen MR) is 33.4 cm³/mol. The van der Waals surface area contributed by atoms with Gasteiger partial charge in [-0.3, -0.25) is 0 Å². The summed E-state index contributed by atoms with van der Waals surface area (Å²) in [7, 11) is 1.81. The summed E-state index contributed by atoms with van der Waals surface area (Å²) in [5, 5.41) is 0. The van der Waals surface area contributed by atoms with Crippen LogP contribution in [0.3, 0.4) is 0 Å². The molecule has 4 heteroatoms. The first-order valence-corrected chi connectivity index (χ1v) is 2.85. The lowest BCUT2D eigenvalue weighted by molar-refractivity contribution is -0.489. The Bertz CT molecular complexity index is 79.4. The second-order valence-electron chi connectivity index (χ2n) is 1.20. The molecule has 0 unspecified atom stereocenters. The first-order chi connectivity index (χ1) is 3.18. The summed E-state index contributed by atoms with van der Waals surface area (Å²) in [6, 6.07) is 0. The van der Waals surface area contributed by atoms with Crippen molar-refractivity contribution in [2.24, 2.45) is 0 Å². The van der Waals surface area contributed by atoms with Crippen LogP contribution in [0.2, 0.25) is 0 Å². The summed E-state index contributed by atoms with van der Waals surface area (Å²) >= 11 is 10.8. The molecule has 0 saturated carbocycles. The number of nitrogens with zero attached hydrogens (tertiary/aromatic N) is 1. The van der Waals surface area contributed by atoms with Crippen LogP contribution in [0.15, 0.2) is 0 Å². The van der Waals surface area contributed by atoms with E-state index in [4.69, 9.17) is 23.2 Å². The van der Waals surface area contributed by atoms with Gasteiger partial charge < -0.3 is 12.4 Å². The number of halogens is 3. The van der Waals surface area contributed by atoms with Crippen LogP contribution in [0.1, 0.15) is 6.92 Å². The topological polar surface area (TPSA) is 3.01 Å². The van der Waals surface area contributed by atoms with Crippen LogP contribution >= 0.6 is 23.2 Å². The van der Waals surface area contributed by atoms with E-state index in [0.717, 1.165) is 0 Å². The van der Waals surface area contributed by atoms with E-state index in [1.165, 1.54) is 0 Å². The van der Waals surface area contributed by atoms with Gasteiger partial charge in [0.15, 0.2) is 0 Å². The fourth-order valence-corrected chi connectivity index (χ4v) is 0.338. The van der Waals surface area contributed by atoms with Gasteiger partial charge in [0.05, 0.1) is 0 Å². The molecule has 0 saturated heterocycles. The zero-order valence-corrected chi connectivity index (χ0v) is 7.00. The molecule has 0 aliphatic carbocycles. The molecule has 0 bridgehead atoms. The van der Waals surface area contributed by atoms with Gasteiger partial charge in [0, 0.05) is 6.92 Å². The van der Waals surface area contributed by atoms with Gasteiger partial charge >= 0.3 is 4.96 Å². The number of alkyl halides is 2. The van der Waals surface area contributed by atoms with E-state index in [2.05, 4.69) is 0 Å². The summed E-state index contributed by atoms with van der Waals surface area (Å²) in [5.74, 6) is 0. The Labute approximate surface area is 65.7 Å². The summed E-state index contributed by atoms with van der Waals surface area (Å²) in [4.78, 5) is -0.412. The van der Waals surface area contributed by atoms with Crippen molar-refractivity contribution in [2.45, 2.75) is 11.9 Å². The zero-order valence-electron chi connectivity index (χ0n) is 4.74. The quantitative estimate of drug-likeness (QED) is 0.198. The van der Waals surface area contributed by atoms with Gasteiger partial charge in [-0.2, -0.15) is 0 Å². The summed E-state index contributed by atoms with van der Waals surface area (Å²) < 4.78 is 1.70. The minimum Gasteiger partial charge on any atom is -1.00 e. The predicted octanol–water partition coefficient (Wildman–Crippen LogP) is -1.52. The molecule has 0 aromatic rings. The van der Waals surface area contributed by atoms with Crippen LogP contribution < -0.4 is 12.4 Å². The van der Waals surface area contributed by atoms with Gasteiger partial charge in [0.25, 0.3) is 0 Å². The monoisotopic (exact) mass is 175 g/mol. The van der Waals surface area contributed by atoms with E-state index in [0.29, 0.717) is 0 Å². The average Bonchev–Trinajstić information content (AvgIpc) is 1.65. The average molecular weight is 176 g/mol. The molecule has 0 aliphatic heterocycles. The van der Waals surface area contributed by atoms with Crippen LogP contribution in [0, 0.1) is 0 Å². The van der Waals surface area contributed by atoms with Crippen LogP contribution in [-0.2, 0) is 0 Å². The van der Waals surface area contributed by atoms with E-state index in [-0.39, 0.29) is 12.4 Å². The number of hydrogen-bond acceptors (Lipinski definition) is 0. The van der Waals surface area contributed by atoms with Crippen molar-refractivity contribution < 1.29 is 17.0 Å². The molecule has 0 radical (unpaired) electrons.